The molecule has 2 aromatic rings. The second kappa shape index (κ2) is 6.67. The van der Waals surface area contributed by atoms with Crippen molar-refractivity contribution in [3.05, 3.63) is 35.0 Å². The zero-order chi connectivity index (χ0) is 12.8. The first-order valence-corrected chi connectivity index (χ1v) is 7.85. The lowest BCUT2D eigenvalue weighted by molar-refractivity contribution is 0.102. The molecule has 0 fully saturated rings. The van der Waals surface area contributed by atoms with Crippen molar-refractivity contribution in [2.45, 2.75) is 4.34 Å². The van der Waals surface area contributed by atoms with Crippen LogP contribution in [0.3, 0.4) is 0 Å². The van der Waals surface area contributed by atoms with Crippen molar-refractivity contribution >= 4 is 45.4 Å². The monoisotopic (exact) mass is 297 g/mol. The summed E-state index contributed by atoms with van der Waals surface area (Å²) in [5, 5.41) is 13.7. The molecule has 0 aliphatic heterocycles. The number of carbonyl (C=O) groups excluding carboxylic acids is 1. The highest BCUT2D eigenvalue weighted by atomic mass is 32.2. The van der Waals surface area contributed by atoms with Crippen LogP contribution in [-0.4, -0.2) is 28.3 Å². The minimum absolute atomic E-state index is 0.130. The van der Waals surface area contributed by atoms with E-state index in [-0.39, 0.29) is 5.78 Å². The number of Topliss-reactive ketones (excluding diaryl/α,β-unsaturated/α-hetero) is 1. The van der Waals surface area contributed by atoms with Crippen LogP contribution in [0.4, 0.5) is 5.13 Å². The SMILES string of the molecule is C=CCNc1nnc(SCC(=O)c2cccs2)s1. The predicted octanol–water partition coefficient (Wildman–Crippen LogP) is 3.17. The van der Waals surface area contributed by atoms with Crippen LogP contribution in [-0.2, 0) is 0 Å². The molecule has 0 aliphatic carbocycles. The lowest BCUT2D eigenvalue weighted by atomic mass is 10.4. The summed E-state index contributed by atoms with van der Waals surface area (Å²) < 4.78 is 0.798. The smallest absolute Gasteiger partial charge is 0.206 e. The van der Waals surface area contributed by atoms with Crippen LogP contribution in [0.25, 0.3) is 0 Å². The zero-order valence-electron chi connectivity index (χ0n) is 9.46. The minimum atomic E-state index is 0.130. The summed E-state index contributed by atoms with van der Waals surface area (Å²) in [6.07, 6.45) is 1.76. The Kier molecular flexibility index (Phi) is 4.91. The Balaban J connectivity index is 1.84. The number of nitrogens with one attached hydrogen (secondary N) is 1. The highest BCUT2D eigenvalue weighted by Gasteiger charge is 2.10. The third-order valence-corrected chi connectivity index (χ3v) is 4.85. The number of carbonyl (C=O) groups is 1. The van der Waals surface area contributed by atoms with Crippen LogP contribution < -0.4 is 5.32 Å². The molecule has 94 valence electrons. The number of rotatable bonds is 7. The standard InChI is InChI=1S/C11H11N3OS3/c1-2-5-12-10-13-14-11(18-10)17-7-8(15)9-4-3-6-16-9/h2-4,6H,1,5,7H2,(H,12,13). The Morgan fingerprint density at radius 2 is 2.44 bits per heavy atom. The molecular weight excluding hydrogens is 286 g/mol. The van der Waals surface area contributed by atoms with E-state index in [9.17, 15) is 4.79 Å². The molecule has 1 N–H and O–H groups in total. The fourth-order valence-corrected chi connectivity index (χ4v) is 3.53. The molecule has 4 nitrogen and oxygen atoms in total. The summed E-state index contributed by atoms with van der Waals surface area (Å²) in [5.74, 6) is 0.530. The van der Waals surface area contributed by atoms with Gasteiger partial charge < -0.3 is 5.32 Å². The van der Waals surface area contributed by atoms with E-state index in [4.69, 9.17) is 0 Å². The van der Waals surface area contributed by atoms with Gasteiger partial charge >= 0.3 is 0 Å². The third kappa shape index (κ3) is 3.66. The van der Waals surface area contributed by atoms with E-state index in [0.717, 1.165) is 14.3 Å². The van der Waals surface area contributed by atoms with Gasteiger partial charge in [0.15, 0.2) is 10.1 Å². The van der Waals surface area contributed by atoms with E-state index in [2.05, 4.69) is 22.1 Å². The van der Waals surface area contributed by atoms with Gasteiger partial charge in [0, 0.05) is 6.54 Å². The van der Waals surface area contributed by atoms with Gasteiger partial charge in [0.25, 0.3) is 0 Å². The third-order valence-electron chi connectivity index (χ3n) is 1.93. The summed E-state index contributed by atoms with van der Waals surface area (Å²) in [6, 6.07) is 3.72. The van der Waals surface area contributed by atoms with Crippen LogP contribution in [0.2, 0.25) is 0 Å². The molecule has 0 amide bonds. The predicted molar refractivity (Wildman–Crippen MR) is 78.0 cm³/mol. The van der Waals surface area contributed by atoms with Gasteiger partial charge in [0.2, 0.25) is 5.13 Å². The fourth-order valence-electron chi connectivity index (χ4n) is 1.13. The number of thioether (sulfide) groups is 1. The van der Waals surface area contributed by atoms with E-state index in [1.807, 2.05) is 17.5 Å². The maximum absolute atomic E-state index is 11.8. The molecule has 18 heavy (non-hydrogen) atoms. The fraction of sp³-hybridized carbons (Fsp3) is 0.182. The van der Waals surface area contributed by atoms with E-state index in [0.29, 0.717) is 12.3 Å². The van der Waals surface area contributed by atoms with Crippen molar-refractivity contribution in [3.63, 3.8) is 0 Å². The molecule has 2 rings (SSSR count). The van der Waals surface area contributed by atoms with Gasteiger partial charge in [0.1, 0.15) is 0 Å². The largest absolute Gasteiger partial charge is 0.357 e. The van der Waals surface area contributed by atoms with Gasteiger partial charge in [-0.3, -0.25) is 4.79 Å². The Bertz CT molecular complexity index is 521. The van der Waals surface area contributed by atoms with Crippen molar-refractivity contribution in [1.29, 1.82) is 0 Å². The van der Waals surface area contributed by atoms with Gasteiger partial charge in [-0.25, -0.2) is 0 Å². The molecule has 7 heteroatoms. The van der Waals surface area contributed by atoms with Crippen LogP contribution in [0.15, 0.2) is 34.5 Å². The Labute approximate surface area is 117 Å². The van der Waals surface area contributed by atoms with Gasteiger partial charge in [-0.05, 0) is 11.4 Å². The number of aromatic nitrogens is 2. The lowest BCUT2D eigenvalue weighted by Gasteiger charge is -1.94. The van der Waals surface area contributed by atoms with Crippen LogP contribution in [0.5, 0.6) is 0 Å². The molecule has 0 radical (unpaired) electrons. The van der Waals surface area contributed by atoms with Gasteiger partial charge in [-0.15, -0.1) is 28.1 Å². The second-order valence-electron chi connectivity index (χ2n) is 3.23. The Morgan fingerprint density at radius 3 is 3.17 bits per heavy atom. The number of ketones is 1. The molecule has 0 spiro atoms. The first-order valence-electron chi connectivity index (χ1n) is 5.17. The van der Waals surface area contributed by atoms with Crippen LogP contribution >= 0.6 is 34.4 Å². The maximum atomic E-state index is 11.8. The molecule has 0 bridgehead atoms. The van der Waals surface area contributed by atoms with E-state index in [1.165, 1.54) is 34.4 Å². The summed E-state index contributed by atoms with van der Waals surface area (Å²) in [7, 11) is 0. The molecule has 0 saturated heterocycles. The molecular formula is C11H11N3OS3. The van der Waals surface area contributed by atoms with Gasteiger partial charge in [0.05, 0.1) is 10.6 Å². The summed E-state index contributed by atoms with van der Waals surface area (Å²) >= 11 is 4.33. The average Bonchev–Trinajstić information content (AvgIpc) is 3.04. The quantitative estimate of drug-likeness (QED) is 0.483. The summed E-state index contributed by atoms with van der Waals surface area (Å²) in [4.78, 5) is 12.6. The summed E-state index contributed by atoms with van der Waals surface area (Å²) in [6.45, 7) is 4.28. The van der Waals surface area contributed by atoms with Crippen molar-refractivity contribution in [1.82, 2.24) is 10.2 Å². The van der Waals surface area contributed by atoms with Crippen molar-refractivity contribution in [2.75, 3.05) is 17.6 Å². The topological polar surface area (TPSA) is 54.9 Å². The number of anilines is 1. The Morgan fingerprint density at radius 1 is 1.56 bits per heavy atom. The van der Waals surface area contributed by atoms with Gasteiger partial charge in [-0.1, -0.05) is 35.2 Å². The Hall–Kier alpha value is -1.18. The second-order valence-corrected chi connectivity index (χ2v) is 6.38. The first-order chi connectivity index (χ1) is 8.79. The molecule has 0 saturated carbocycles. The normalized spacial score (nSPS) is 10.2. The molecule has 2 aromatic heterocycles. The maximum Gasteiger partial charge on any atom is 0.206 e. The van der Waals surface area contributed by atoms with Crippen LogP contribution in [0.1, 0.15) is 9.67 Å². The highest BCUT2D eigenvalue weighted by molar-refractivity contribution is 8.01. The molecule has 0 aliphatic rings. The first kappa shape index (κ1) is 13.3. The average molecular weight is 297 g/mol. The van der Waals surface area contributed by atoms with Crippen molar-refractivity contribution in [3.8, 4) is 0 Å². The molecule has 0 atom stereocenters. The number of nitrogens with zero attached hydrogens (tertiary/aromatic N) is 2. The van der Waals surface area contributed by atoms with E-state index >= 15 is 0 Å². The number of hydrogen-bond donors (Lipinski definition) is 1. The van der Waals surface area contributed by atoms with Crippen molar-refractivity contribution in [2.24, 2.45) is 0 Å². The number of hydrogen-bond acceptors (Lipinski definition) is 7. The van der Waals surface area contributed by atoms with Crippen molar-refractivity contribution < 1.29 is 4.79 Å². The van der Waals surface area contributed by atoms with Crippen LogP contribution in [0, 0.1) is 0 Å². The highest BCUT2D eigenvalue weighted by Crippen LogP contribution is 2.26. The minimum Gasteiger partial charge on any atom is -0.357 e. The van der Waals surface area contributed by atoms with E-state index < -0.39 is 0 Å². The molecule has 0 unspecified atom stereocenters. The molecule has 2 heterocycles. The summed E-state index contributed by atoms with van der Waals surface area (Å²) in [5.41, 5.74) is 0. The van der Waals surface area contributed by atoms with E-state index in [1.54, 1.807) is 6.08 Å². The lowest BCUT2D eigenvalue weighted by Crippen LogP contribution is -1.98. The zero-order valence-corrected chi connectivity index (χ0v) is 11.9. The van der Waals surface area contributed by atoms with Gasteiger partial charge in [-0.2, -0.15) is 0 Å². The molecule has 0 aromatic carbocycles. The number of thiophene rings is 1.